The fraction of sp³-hybridized carbons (Fsp3) is 0.538. The molecule has 0 aromatic carbocycles. The highest BCUT2D eigenvalue weighted by Crippen LogP contribution is 2.24. The monoisotopic (exact) mass is 246 g/mol. The maximum atomic E-state index is 13.4. The number of ether oxygens (including phenoxy) is 1. The maximum absolute atomic E-state index is 13.4. The smallest absolute Gasteiger partial charge is 0.200 e. The van der Waals surface area contributed by atoms with E-state index < -0.39 is 23.5 Å². The predicted molar refractivity (Wildman–Crippen MR) is 65.0 cm³/mol. The summed E-state index contributed by atoms with van der Waals surface area (Å²) >= 11 is 0. The minimum absolute atomic E-state index is 0.138. The van der Waals surface area contributed by atoms with Crippen LogP contribution in [-0.2, 0) is 4.74 Å². The van der Waals surface area contributed by atoms with Crippen LogP contribution in [0.25, 0.3) is 0 Å². The van der Waals surface area contributed by atoms with Gasteiger partial charge in [-0.25, -0.2) is 4.39 Å². The van der Waals surface area contributed by atoms with Crippen molar-refractivity contribution in [2.24, 2.45) is 5.92 Å². The van der Waals surface area contributed by atoms with Crippen LogP contribution in [0.1, 0.15) is 27.2 Å². The molecule has 0 heterocycles. The predicted octanol–water partition coefficient (Wildman–Crippen LogP) is 4.22. The highest BCUT2D eigenvalue weighted by Gasteiger charge is 2.18. The van der Waals surface area contributed by atoms with Crippen LogP contribution in [0.5, 0.6) is 0 Å². The van der Waals surface area contributed by atoms with Crippen molar-refractivity contribution in [1.29, 1.82) is 0 Å². The molecule has 17 heavy (non-hydrogen) atoms. The number of hydrogen-bond acceptors (Lipinski definition) is 2. The van der Waals surface area contributed by atoms with E-state index in [1.165, 1.54) is 0 Å². The van der Waals surface area contributed by atoms with Crippen LogP contribution in [0.15, 0.2) is 36.1 Å². The van der Waals surface area contributed by atoms with Gasteiger partial charge in [0.25, 0.3) is 0 Å². The van der Waals surface area contributed by atoms with Crippen molar-refractivity contribution in [3.05, 3.63) is 36.1 Å². The van der Waals surface area contributed by atoms with E-state index >= 15 is 0 Å². The molecular formula is C13H20F2O2. The summed E-state index contributed by atoms with van der Waals surface area (Å²) in [5.74, 6) is -3.21. The van der Waals surface area contributed by atoms with Crippen LogP contribution in [-0.4, -0.2) is 17.8 Å². The standard InChI is InChI=1S/C13H20F2O2/c1-6-8(2)7-17-11(5)9(3)12(14)13(15)10(4)16/h8,11,16H,3-4,6-7H2,1-2,5H3/b13-12-. The largest absolute Gasteiger partial charge is 0.505 e. The third-order valence-corrected chi connectivity index (χ3v) is 2.55. The molecule has 2 unspecified atom stereocenters. The molecular weight excluding hydrogens is 226 g/mol. The van der Waals surface area contributed by atoms with Crippen LogP contribution in [0.4, 0.5) is 8.78 Å². The lowest BCUT2D eigenvalue weighted by atomic mass is 10.1. The lowest BCUT2D eigenvalue weighted by Gasteiger charge is -2.17. The van der Waals surface area contributed by atoms with Gasteiger partial charge < -0.3 is 9.84 Å². The molecule has 0 amide bonds. The number of halogens is 2. The first-order valence-electron chi connectivity index (χ1n) is 5.55. The van der Waals surface area contributed by atoms with Gasteiger partial charge in [0.05, 0.1) is 6.10 Å². The third kappa shape index (κ3) is 5.13. The fourth-order valence-corrected chi connectivity index (χ4v) is 0.973. The van der Waals surface area contributed by atoms with Crippen LogP contribution in [0.2, 0.25) is 0 Å². The Morgan fingerprint density at radius 3 is 2.18 bits per heavy atom. The van der Waals surface area contributed by atoms with Crippen molar-refractivity contribution >= 4 is 0 Å². The van der Waals surface area contributed by atoms with Crippen molar-refractivity contribution in [2.45, 2.75) is 33.3 Å². The molecule has 0 aliphatic carbocycles. The second-order valence-corrected chi connectivity index (χ2v) is 4.09. The lowest BCUT2D eigenvalue weighted by Crippen LogP contribution is -2.16. The van der Waals surface area contributed by atoms with E-state index in [0.29, 0.717) is 12.5 Å². The van der Waals surface area contributed by atoms with Crippen LogP contribution in [0, 0.1) is 5.92 Å². The molecule has 0 bridgehead atoms. The Balaban J connectivity index is 4.51. The number of aliphatic hydroxyl groups excluding tert-OH is 1. The second kappa shape index (κ2) is 7.22. The van der Waals surface area contributed by atoms with Crippen molar-refractivity contribution < 1.29 is 18.6 Å². The Bertz CT molecular complexity index is 321. The van der Waals surface area contributed by atoms with Crippen LogP contribution in [0.3, 0.4) is 0 Å². The Kier molecular flexibility index (Phi) is 6.73. The van der Waals surface area contributed by atoms with Gasteiger partial charge >= 0.3 is 0 Å². The van der Waals surface area contributed by atoms with Crippen molar-refractivity contribution in [3.8, 4) is 0 Å². The molecule has 0 saturated carbocycles. The molecule has 0 rings (SSSR count). The molecule has 1 N–H and O–H groups in total. The highest BCUT2D eigenvalue weighted by molar-refractivity contribution is 5.33. The fourth-order valence-electron chi connectivity index (χ4n) is 0.973. The molecule has 0 spiro atoms. The third-order valence-electron chi connectivity index (χ3n) is 2.55. The molecule has 0 radical (unpaired) electrons. The molecule has 2 nitrogen and oxygen atoms in total. The van der Waals surface area contributed by atoms with Crippen molar-refractivity contribution in [2.75, 3.05) is 6.61 Å². The average Bonchev–Trinajstić information content (AvgIpc) is 2.32. The zero-order valence-electron chi connectivity index (χ0n) is 10.6. The summed E-state index contributed by atoms with van der Waals surface area (Å²) in [4.78, 5) is 0. The summed E-state index contributed by atoms with van der Waals surface area (Å²) in [5, 5.41) is 8.73. The van der Waals surface area contributed by atoms with E-state index in [4.69, 9.17) is 9.84 Å². The Morgan fingerprint density at radius 1 is 1.24 bits per heavy atom. The molecule has 0 aromatic rings. The molecule has 0 fully saturated rings. The summed E-state index contributed by atoms with van der Waals surface area (Å²) in [6.07, 6.45) is 0.299. The van der Waals surface area contributed by atoms with Crippen LogP contribution >= 0.6 is 0 Å². The summed E-state index contributed by atoms with van der Waals surface area (Å²) < 4.78 is 31.8. The van der Waals surface area contributed by atoms with Crippen LogP contribution < -0.4 is 0 Å². The van der Waals surface area contributed by atoms with E-state index in [2.05, 4.69) is 13.2 Å². The minimum atomic E-state index is -1.39. The average molecular weight is 246 g/mol. The van der Waals surface area contributed by atoms with E-state index in [1.54, 1.807) is 6.92 Å². The first kappa shape index (κ1) is 15.8. The molecule has 2 atom stereocenters. The first-order chi connectivity index (χ1) is 7.81. The summed E-state index contributed by atoms with van der Waals surface area (Å²) in [7, 11) is 0. The topological polar surface area (TPSA) is 29.5 Å². The van der Waals surface area contributed by atoms with E-state index in [-0.39, 0.29) is 5.57 Å². The first-order valence-corrected chi connectivity index (χ1v) is 5.55. The Labute approximate surface area is 101 Å². The summed E-state index contributed by atoms with van der Waals surface area (Å²) in [6, 6.07) is 0. The van der Waals surface area contributed by atoms with Gasteiger partial charge in [0.15, 0.2) is 11.7 Å². The normalized spacial score (nSPS) is 16.1. The Hall–Kier alpha value is -1.16. The van der Waals surface area contributed by atoms with Gasteiger partial charge in [-0.05, 0) is 12.8 Å². The zero-order chi connectivity index (χ0) is 13.6. The summed E-state index contributed by atoms with van der Waals surface area (Å²) in [5.41, 5.74) is -0.138. The Morgan fingerprint density at radius 2 is 1.76 bits per heavy atom. The number of hydrogen-bond donors (Lipinski definition) is 1. The van der Waals surface area contributed by atoms with Gasteiger partial charge in [0.1, 0.15) is 5.76 Å². The lowest BCUT2D eigenvalue weighted by molar-refractivity contribution is 0.0639. The number of aliphatic hydroxyl groups is 1. The number of rotatable bonds is 7. The molecule has 0 aliphatic heterocycles. The van der Waals surface area contributed by atoms with Gasteiger partial charge in [-0.15, -0.1) is 0 Å². The molecule has 0 aliphatic rings. The molecule has 0 aromatic heterocycles. The minimum Gasteiger partial charge on any atom is -0.505 e. The van der Waals surface area contributed by atoms with Gasteiger partial charge in [-0.2, -0.15) is 4.39 Å². The molecule has 0 saturated heterocycles. The quantitative estimate of drug-likeness (QED) is 0.538. The van der Waals surface area contributed by atoms with E-state index in [0.717, 1.165) is 6.42 Å². The van der Waals surface area contributed by atoms with E-state index in [9.17, 15) is 8.78 Å². The molecule has 4 heteroatoms. The van der Waals surface area contributed by atoms with Crippen molar-refractivity contribution in [1.82, 2.24) is 0 Å². The SMILES string of the molecule is C=C(O)/C(F)=C(/F)C(=C)C(C)OCC(C)CC. The van der Waals surface area contributed by atoms with Gasteiger partial charge in [-0.1, -0.05) is 33.4 Å². The van der Waals surface area contributed by atoms with E-state index in [1.807, 2.05) is 13.8 Å². The van der Waals surface area contributed by atoms with Crippen molar-refractivity contribution in [3.63, 3.8) is 0 Å². The highest BCUT2D eigenvalue weighted by atomic mass is 19.2. The second-order valence-electron chi connectivity index (χ2n) is 4.09. The van der Waals surface area contributed by atoms with Gasteiger partial charge in [-0.3, -0.25) is 0 Å². The number of allylic oxidation sites excluding steroid dienone is 1. The van der Waals surface area contributed by atoms with Gasteiger partial charge in [0.2, 0.25) is 0 Å². The molecule has 98 valence electrons. The summed E-state index contributed by atoms with van der Waals surface area (Å²) in [6.45, 7) is 12.4. The zero-order valence-corrected chi connectivity index (χ0v) is 10.6. The van der Waals surface area contributed by atoms with Gasteiger partial charge in [0, 0.05) is 12.2 Å². The maximum Gasteiger partial charge on any atom is 0.200 e.